The van der Waals surface area contributed by atoms with Gasteiger partial charge in [0, 0.05) is 0 Å². The van der Waals surface area contributed by atoms with Crippen molar-refractivity contribution in [2.75, 3.05) is 6.61 Å². The Balaban J connectivity index is 2.49. The molecule has 1 aromatic rings. The number of ether oxygens (including phenoxy) is 1. The van der Waals surface area contributed by atoms with E-state index in [-0.39, 0.29) is 5.97 Å². The van der Waals surface area contributed by atoms with Gasteiger partial charge in [0.15, 0.2) is 0 Å². The lowest BCUT2D eigenvalue weighted by atomic mass is 10.1. The Morgan fingerprint density at radius 1 is 1.04 bits per heavy atom. The normalized spacial score (nSPS) is 12.0. The molecule has 0 radical (unpaired) electrons. The van der Waals surface area contributed by atoms with E-state index in [2.05, 4.69) is 13.5 Å². The lowest BCUT2D eigenvalue weighted by Gasteiger charge is -2.05. The van der Waals surface area contributed by atoms with Gasteiger partial charge in [0.1, 0.15) is 0 Å². The molecule has 25 heavy (non-hydrogen) atoms. The summed E-state index contributed by atoms with van der Waals surface area (Å²) >= 11 is 0. The predicted octanol–water partition coefficient (Wildman–Crippen LogP) is 6.27. The fourth-order valence-electron chi connectivity index (χ4n) is 2.32. The quantitative estimate of drug-likeness (QED) is 0.194. The second-order valence-corrected chi connectivity index (χ2v) is 5.89. The molecule has 134 valence electrons. The summed E-state index contributed by atoms with van der Waals surface area (Å²) < 4.78 is 5.38. The fraction of sp³-hybridized carbons (Fsp3) is 0.348. The number of benzene rings is 1. The summed E-state index contributed by atoms with van der Waals surface area (Å²) in [6.45, 7) is 6.33. The standard InChI is InChI=1S/C23H30O2/c1-3-5-7-8-9-13-20-25-23(24)22(18-6-4-2)19-14-17-21-15-11-10-12-16-21/h4,6,10-12,14-19H,2-3,5,7-9,13,20H2,1H3. The minimum Gasteiger partial charge on any atom is -0.462 e. The van der Waals surface area contributed by atoms with Crippen LogP contribution in [0.15, 0.2) is 72.9 Å². The third-order valence-electron chi connectivity index (χ3n) is 3.74. The van der Waals surface area contributed by atoms with Crippen LogP contribution in [0.2, 0.25) is 0 Å². The third kappa shape index (κ3) is 10.2. The average molecular weight is 338 g/mol. The molecule has 0 amide bonds. The third-order valence-corrected chi connectivity index (χ3v) is 3.74. The van der Waals surface area contributed by atoms with Crippen molar-refractivity contribution in [3.63, 3.8) is 0 Å². The van der Waals surface area contributed by atoms with Crippen LogP contribution in [-0.4, -0.2) is 12.6 Å². The zero-order valence-corrected chi connectivity index (χ0v) is 15.3. The van der Waals surface area contributed by atoms with E-state index in [0.717, 1.165) is 18.4 Å². The molecule has 0 aliphatic rings. The van der Waals surface area contributed by atoms with Gasteiger partial charge in [0.2, 0.25) is 0 Å². The van der Waals surface area contributed by atoms with E-state index in [1.807, 2.05) is 42.5 Å². The highest BCUT2D eigenvalue weighted by atomic mass is 16.5. The molecule has 0 unspecified atom stereocenters. The maximum absolute atomic E-state index is 12.2. The highest BCUT2D eigenvalue weighted by Gasteiger charge is 2.06. The van der Waals surface area contributed by atoms with Gasteiger partial charge in [-0.3, -0.25) is 0 Å². The smallest absolute Gasteiger partial charge is 0.338 e. The number of rotatable bonds is 12. The number of carbonyl (C=O) groups excluding carboxylic acids is 1. The van der Waals surface area contributed by atoms with Crippen LogP contribution in [0.4, 0.5) is 0 Å². The van der Waals surface area contributed by atoms with Gasteiger partial charge in [0.25, 0.3) is 0 Å². The van der Waals surface area contributed by atoms with Crippen LogP contribution < -0.4 is 0 Å². The van der Waals surface area contributed by atoms with Gasteiger partial charge in [-0.15, -0.1) is 0 Å². The Kier molecular flexibility index (Phi) is 11.6. The first-order chi connectivity index (χ1) is 12.3. The van der Waals surface area contributed by atoms with E-state index in [1.165, 1.54) is 25.7 Å². The van der Waals surface area contributed by atoms with Crippen LogP contribution in [0.1, 0.15) is 51.0 Å². The lowest BCUT2D eigenvalue weighted by molar-refractivity contribution is -0.138. The first-order valence-corrected chi connectivity index (χ1v) is 9.17. The van der Waals surface area contributed by atoms with Crippen molar-refractivity contribution in [1.29, 1.82) is 0 Å². The summed E-state index contributed by atoms with van der Waals surface area (Å²) in [7, 11) is 0. The van der Waals surface area contributed by atoms with Gasteiger partial charge >= 0.3 is 5.97 Å². The molecule has 0 spiro atoms. The first-order valence-electron chi connectivity index (χ1n) is 9.17. The van der Waals surface area contributed by atoms with E-state index < -0.39 is 0 Å². The van der Waals surface area contributed by atoms with Gasteiger partial charge in [-0.1, -0.05) is 100 Å². The molecule has 0 aromatic heterocycles. The minimum atomic E-state index is -0.288. The lowest BCUT2D eigenvalue weighted by Crippen LogP contribution is -2.07. The Morgan fingerprint density at radius 2 is 1.76 bits per heavy atom. The SMILES string of the molecule is C=CC=CC(=CC=Cc1ccccc1)C(=O)OCCCCCCCC. The summed E-state index contributed by atoms with van der Waals surface area (Å²) in [5, 5.41) is 0. The van der Waals surface area contributed by atoms with Gasteiger partial charge in [-0.2, -0.15) is 0 Å². The highest BCUT2D eigenvalue weighted by molar-refractivity contribution is 5.92. The largest absolute Gasteiger partial charge is 0.462 e. The second kappa shape index (κ2) is 14.0. The zero-order valence-electron chi connectivity index (χ0n) is 15.3. The molecule has 2 nitrogen and oxygen atoms in total. The van der Waals surface area contributed by atoms with Crippen molar-refractivity contribution in [2.45, 2.75) is 45.4 Å². The molecule has 0 saturated heterocycles. The molecule has 0 N–H and O–H groups in total. The Morgan fingerprint density at radius 3 is 2.48 bits per heavy atom. The van der Waals surface area contributed by atoms with Crippen LogP contribution in [0.5, 0.6) is 0 Å². The summed E-state index contributed by atoms with van der Waals surface area (Å²) in [6.07, 6.45) is 17.8. The molecular weight excluding hydrogens is 308 g/mol. The number of hydrogen-bond donors (Lipinski definition) is 0. The monoisotopic (exact) mass is 338 g/mol. The number of esters is 1. The topological polar surface area (TPSA) is 26.3 Å². The summed E-state index contributed by atoms with van der Waals surface area (Å²) in [5.41, 5.74) is 1.62. The second-order valence-electron chi connectivity index (χ2n) is 5.89. The molecule has 0 atom stereocenters. The van der Waals surface area contributed by atoms with Gasteiger partial charge in [0.05, 0.1) is 12.2 Å². The fourth-order valence-corrected chi connectivity index (χ4v) is 2.32. The molecule has 1 aromatic carbocycles. The van der Waals surface area contributed by atoms with E-state index in [0.29, 0.717) is 12.2 Å². The number of allylic oxidation sites excluding steroid dienone is 4. The van der Waals surface area contributed by atoms with Crippen LogP contribution >= 0.6 is 0 Å². The molecule has 0 bridgehead atoms. The number of carbonyl (C=O) groups is 1. The molecular formula is C23H30O2. The van der Waals surface area contributed by atoms with Crippen molar-refractivity contribution in [3.8, 4) is 0 Å². The van der Waals surface area contributed by atoms with E-state index in [4.69, 9.17) is 4.74 Å². The summed E-state index contributed by atoms with van der Waals surface area (Å²) in [6, 6.07) is 9.97. The molecule has 0 aliphatic carbocycles. The number of hydrogen-bond acceptors (Lipinski definition) is 2. The van der Waals surface area contributed by atoms with Crippen molar-refractivity contribution < 1.29 is 9.53 Å². The van der Waals surface area contributed by atoms with Crippen molar-refractivity contribution in [2.24, 2.45) is 0 Å². The van der Waals surface area contributed by atoms with Gasteiger partial charge in [-0.05, 0) is 24.1 Å². The molecule has 2 heteroatoms. The number of unbranched alkanes of at least 4 members (excludes halogenated alkanes) is 5. The molecule has 1 rings (SSSR count). The average Bonchev–Trinajstić information content (AvgIpc) is 2.64. The van der Waals surface area contributed by atoms with Crippen LogP contribution in [0.3, 0.4) is 0 Å². The van der Waals surface area contributed by atoms with E-state index >= 15 is 0 Å². The highest BCUT2D eigenvalue weighted by Crippen LogP contribution is 2.08. The first kappa shape index (κ1) is 20.7. The zero-order chi connectivity index (χ0) is 18.2. The van der Waals surface area contributed by atoms with Crippen molar-refractivity contribution in [1.82, 2.24) is 0 Å². The van der Waals surface area contributed by atoms with Crippen LogP contribution in [-0.2, 0) is 9.53 Å². The summed E-state index contributed by atoms with van der Waals surface area (Å²) in [4.78, 5) is 12.2. The Hall–Kier alpha value is -2.35. The Bertz CT molecular complexity index is 579. The maximum Gasteiger partial charge on any atom is 0.338 e. The van der Waals surface area contributed by atoms with Gasteiger partial charge < -0.3 is 4.74 Å². The molecule has 0 heterocycles. The molecule has 0 fully saturated rings. The van der Waals surface area contributed by atoms with E-state index in [9.17, 15) is 4.79 Å². The van der Waals surface area contributed by atoms with Gasteiger partial charge in [-0.25, -0.2) is 4.79 Å². The van der Waals surface area contributed by atoms with Crippen molar-refractivity contribution in [3.05, 3.63) is 78.4 Å². The Labute approximate surface area is 152 Å². The van der Waals surface area contributed by atoms with E-state index in [1.54, 1.807) is 24.3 Å². The van der Waals surface area contributed by atoms with Crippen molar-refractivity contribution >= 4 is 12.0 Å². The molecule has 0 saturated carbocycles. The summed E-state index contributed by atoms with van der Waals surface area (Å²) in [5.74, 6) is -0.288. The predicted molar refractivity (Wildman–Crippen MR) is 107 cm³/mol. The molecule has 0 aliphatic heterocycles. The van der Waals surface area contributed by atoms with Crippen LogP contribution in [0, 0.1) is 0 Å². The van der Waals surface area contributed by atoms with Crippen LogP contribution in [0.25, 0.3) is 6.08 Å². The minimum absolute atomic E-state index is 0.288. The maximum atomic E-state index is 12.2.